The molecule has 16 heavy (non-hydrogen) atoms. The molecule has 0 unspecified atom stereocenters. The zero-order valence-corrected chi connectivity index (χ0v) is 10.1. The van der Waals surface area contributed by atoms with Crippen molar-refractivity contribution in [2.24, 2.45) is 0 Å². The van der Waals surface area contributed by atoms with Crippen LogP contribution in [-0.4, -0.2) is 0 Å². The van der Waals surface area contributed by atoms with Gasteiger partial charge in [0.25, 0.3) is 0 Å². The Kier molecular flexibility index (Phi) is 2.24. The number of allylic oxidation sites excluding steroid dienone is 2. The molecule has 3 rings (SSSR count). The lowest BCUT2D eigenvalue weighted by Gasteiger charge is -2.25. The van der Waals surface area contributed by atoms with E-state index in [2.05, 4.69) is 38.2 Å². The fourth-order valence-electron chi connectivity index (χ4n) is 3.06. The van der Waals surface area contributed by atoms with Gasteiger partial charge in [-0.2, -0.15) is 0 Å². The lowest BCUT2D eigenvalue weighted by molar-refractivity contribution is 0.897. The van der Waals surface area contributed by atoms with Gasteiger partial charge < -0.3 is 0 Å². The molecule has 0 spiro atoms. The summed E-state index contributed by atoms with van der Waals surface area (Å²) in [6.07, 6.45) is 14.2. The fourth-order valence-corrected chi connectivity index (χ4v) is 3.06. The van der Waals surface area contributed by atoms with E-state index in [1.807, 2.05) is 0 Å². The Morgan fingerprint density at radius 1 is 0.750 bits per heavy atom. The summed E-state index contributed by atoms with van der Waals surface area (Å²) in [6, 6.07) is 0. The molecule has 2 aliphatic carbocycles. The maximum absolute atomic E-state index is 2.33. The second kappa shape index (κ2) is 3.62. The van der Waals surface area contributed by atoms with E-state index in [-0.39, 0.29) is 0 Å². The molecule has 82 valence electrons. The molecule has 0 radical (unpaired) electrons. The highest BCUT2D eigenvalue weighted by Crippen LogP contribution is 2.35. The van der Waals surface area contributed by atoms with Crippen LogP contribution in [0.4, 0.5) is 0 Å². The Bertz CT molecular complexity index is 455. The Morgan fingerprint density at radius 3 is 1.62 bits per heavy atom. The summed E-state index contributed by atoms with van der Waals surface area (Å²) in [5.41, 5.74) is 9.25. The van der Waals surface area contributed by atoms with Gasteiger partial charge in [-0.05, 0) is 72.9 Å². The topological polar surface area (TPSA) is 0 Å². The normalized spacial score (nSPS) is 17.1. The van der Waals surface area contributed by atoms with Crippen LogP contribution >= 0.6 is 0 Å². The van der Waals surface area contributed by atoms with Crippen LogP contribution in [0.15, 0.2) is 12.2 Å². The standard InChI is InChI=1S/C16H18/c1-11-12(2)14-8-4-6-10-16(14)15-9-5-3-7-13(11)15/h3-4,7-8H,5-6,9-10H2,1-2H3. The summed E-state index contributed by atoms with van der Waals surface area (Å²) in [7, 11) is 0. The molecule has 1 aromatic carbocycles. The summed E-state index contributed by atoms with van der Waals surface area (Å²) in [5.74, 6) is 0. The zero-order chi connectivity index (χ0) is 11.1. The molecule has 0 N–H and O–H groups in total. The number of rotatable bonds is 0. The minimum atomic E-state index is 1.21. The monoisotopic (exact) mass is 210 g/mol. The highest BCUT2D eigenvalue weighted by Gasteiger charge is 2.19. The molecule has 0 atom stereocenters. The number of hydrogen-bond acceptors (Lipinski definition) is 0. The van der Waals surface area contributed by atoms with Crippen molar-refractivity contribution in [2.45, 2.75) is 39.5 Å². The van der Waals surface area contributed by atoms with Crippen LogP contribution in [0.25, 0.3) is 12.2 Å². The first kappa shape index (κ1) is 9.89. The van der Waals surface area contributed by atoms with Crippen molar-refractivity contribution in [2.75, 3.05) is 0 Å². The number of hydrogen-bond donors (Lipinski definition) is 0. The number of benzene rings is 1. The fraction of sp³-hybridized carbons (Fsp3) is 0.375. The lowest BCUT2D eigenvalue weighted by atomic mass is 9.80. The highest BCUT2D eigenvalue weighted by molar-refractivity contribution is 5.72. The van der Waals surface area contributed by atoms with Crippen molar-refractivity contribution >= 4 is 12.2 Å². The van der Waals surface area contributed by atoms with Crippen molar-refractivity contribution in [3.05, 3.63) is 45.5 Å². The minimum absolute atomic E-state index is 1.21. The minimum Gasteiger partial charge on any atom is -0.0836 e. The number of fused-ring (bicyclic) bond motifs is 3. The largest absolute Gasteiger partial charge is 0.0836 e. The van der Waals surface area contributed by atoms with Crippen LogP contribution in [0.1, 0.15) is 46.2 Å². The van der Waals surface area contributed by atoms with Crippen LogP contribution in [0.3, 0.4) is 0 Å². The summed E-state index contributed by atoms with van der Waals surface area (Å²) in [4.78, 5) is 0. The Balaban J connectivity index is 2.36. The van der Waals surface area contributed by atoms with E-state index in [9.17, 15) is 0 Å². The van der Waals surface area contributed by atoms with E-state index in [0.717, 1.165) is 0 Å². The van der Waals surface area contributed by atoms with Crippen molar-refractivity contribution in [3.8, 4) is 0 Å². The van der Waals surface area contributed by atoms with Gasteiger partial charge in [0.15, 0.2) is 0 Å². The van der Waals surface area contributed by atoms with E-state index < -0.39 is 0 Å². The predicted octanol–water partition coefficient (Wildman–Crippen LogP) is 4.22. The molecule has 0 aromatic heterocycles. The highest BCUT2D eigenvalue weighted by atomic mass is 14.2. The van der Waals surface area contributed by atoms with Crippen LogP contribution in [0.2, 0.25) is 0 Å². The molecule has 1 aromatic rings. The van der Waals surface area contributed by atoms with E-state index in [1.54, 1.807) is 11.1 Å². The maximum atomic E-state index is 2.33. The third-order valence-corrected chi connectivity index (χ3v) is 4.08. The average molecular weight is 210 g/mol. The van der Waals surface area contributed by atoms with Gasteiger partial charge in [0, 0.05) is 0 Å². The Morgan fingerprint density at radius 2 is 1.19 bits per heavy atom. The molecular weight excluding hydrogens is 192 g/mol. The third-order valence-electron chi connectivity index (χ3n) is 4.08. The van der Waals surface area contributed by atoms with Gasteiger partial charge in [-0.3, -0.25) is 0 Å². The van der Waals surface area contributed by atoms with Crippen molar-refractivity contribution in [1.29, 1.82) is 0 Å². The van der Waals surface area contributed by atoms with Crippen molar-refractivity contribution in [1.82, 2.24) is 0 Å². The Labute approximate surface area is 97.7 Å². The van der Waals surface area contributed by atoms with Crippen molar-refractivity contribution in [3.63, 3.8) is 0 Å². The smallest absolute Gasteiger partial charge is 0.0192 e. The molecule has 2 aliphatic rings. The predicted molar refractivity (Wildman–Crippen MR) is 70.6 cm³/mol. The molecule has 0 saturated carbocycles. The molecule has 0 nitrogen and oxygen atoms in total. The lowest BCUT2D eigenvalue weighted by Crippen LogP contribution is -2.09. The van der Waals surface area contributed by atoms with Crippen LogP contribution in [0, 0.1) is 13.8 Å². The molecular formula is C16H18. The summed E-state index contributed by atoms with van der Waals surface area (Å²) in [6.45, 7) is 4.54. The van der Waals surface area contributed by atoms with E-state index >= 15 is 0 Å². The van der Waals surface area contributed by atoms with Gasteiger partial charge in [0.05, 0.1) is 0 Å². The Hall–Kier alpha value is -1.30. The first-order chi connectivity index (χ1) is 7.79. The summed E-state index contributed by atoms with van der Waals surface area (Å²) in [5, 5.41) is 0. The van der Waals surface area contributed by atoms with E-state index in [1.165, 1.54) is 47.9 Å². The van der Waals surface area contributed by atoms with Crippen molar-refractivity contribution < 1.29 is 0 Å². The molecule has 0 heterocycles. The molecule has 0 saturated heterocycles. The second-order valence-electron chi connectivity index (χ2n) is 4.92. The van der Waals surface area contributed by atoms with E-state index in [4.69, 9.17) is 0 Å². The molecule has 0 heteroatoms. The quantitative estimate of drug-likeness (QED) is 0.601. The van der Waals surface area contributed by atoms with Gasteiger partial charge >= 0.3 is 0 Å². The average Bonchev–Trinajstić information content (AvgIpc) is 2.36. The third kappa shape index (κ3) is 1.29. The van der Waals surface area contributed by atoms with Crippen LogP contribution in [-0.2, 0) is 12.8 Å². The first-order valence-electron chi connectivity index (χ1n) is 6.27. The van der Waals surface area contributed by atoms with Gasteiger partial charge in [-0.15, -0.1) is 0 Å². The first-order valence-corrected chi connectivity index (χ1v) is 6.27. The molecule has 0 aliphatic heterocycles. The SMILES string of the molecule is Cc1c(C)c2c(c3c1C=CCC3)CCC=C2. The van der Waals surface area contributed by atoms with Gasteiger partial charge in [0.2, 0.25) is 0 Å². The summed E-state index contributed by atoms with van der Waals surface area (Å²) >= 11 is 0. The van der Waals surface area contributed by atoms with Gasteiger partial charge in [-0.1, -0.05) is 24.3 Å². The molecule has 0 amide bonds. The van der Waals surface area contributed by atoms with Crippen LogP contribution < -0.4 is 0 Å². The van der Waals surface area contributed by atoms with Gasteiger partial charge in [-0.25, -0.2) is 0 Å². The molecule has 0 bridgehead atoms. The summed E-state index contributed by atoms with van der Waals surface area (Å²) < 4.78 is 0. The second-order valence-corrected chi connectivity index (χ2v) is 4.92. The zero-order valence-electron chi connectivity index (χ0n) is 10.1. The van der Waals surface area contributed by atoms with Gasteiger partial charge in [0.1, 0.15) is 0 Å². The van der Waals surface area contributed by atoms with Crippen LogP contribution in [0.5, 0.6) is 0 Å². The van der Waals surface area contributed by atoms with E-state index in [0.29, 0.717) is 0 Å². The molecule has 0 fully saturated rings. The maximum Gasteiger partial charge on any atom is -0.0192 e.